The van der Waals surface area contributed by atoms with Crippen LogP contribution in [0.15, 0.2) is 33.5 Å². The molecule has 0 aliphatic rings. The molecular formula is C16H12O7. The van der Waals surface area contributed by atoms with E-state index in [0.29, 0.717) is 0 Å². The van der Waals surface area contributed by atoms with Gasteiger partial charge in [0.2, 0.25) is 0 Å². The predicted octanol–water partition coefficient (Wildman–Crippen LogP) is 2.24. The highest BCUT2D eigenvalue weighted by atomic mass is 16.5. The Bertz CT molecular complexity index is 1000. The van der Waals surface area contributed by atoms with E-state index in [1.807, 2.05) is 0 Å². The van der Waals surface area contributed by atoms with Gasteiger partial charge in [0.15, 0.2) is 22.8 Å². The first-order valence-corrected chi connectivity index (χ1v) is 6.75. The Morgan fingerprint density at radius 1 is 1.13 bits per heavy atom. The number of carbonyl (C=O) groups is 1. The normalized spacial score (nSPS) is 11.0. The van der Waals surface area contributed by atoms with Gasteiger partial charge in [-0.15, -0.1) is 0 Å². The number of rotatable bonds is 2. The highest BCUT2D eigenvalue weighted by Crippen LogP contribution is 2.37. The molecule has 7 heteroatoms. The van der Waals surface area contributed by atoms with Gasteiger partial charge in [-0.25, -0.2) is 9.59 Å². The summed E-state index contributed by atoms with van der Waals surface area (Å²) in [6.45, 7) is 1.81. The first-order valence-electron chi connectivity index (χ1n) is 6.75. The quantitative estimate of drug-likeness (QED) is 0.287. The van der Waals surface area contributed by atoms with E-state index in [9.17, 15) is 24.9 Å². The minimum Gasteiger partial charge on any atom is -0.504 e. The summed E-state index contributed by atoms with van der Waals surface area (Å²) < 4.78 is 9.89. The van der Waals surface area contributed by atoms with E-state index in [-0.39, 0.29) is 33.9 Å². The molecule has 0 atom stereocenters. The van der Waals surface area contributed by atoms with Gasteiger partial charge in [-0.05, 0) is 31.2 Å². The molecule has 1 aromatic heterocycles. The van der Waals surface area contributed by atoms with Gasteiger partial charge in [0.05, 0.1) is 12.2 Å². The van der Waals surface area contributed by atoms with Crippen LogP contribution in [0.1, 0.15) is 17.3 Å². The van der Waals surface area contributed by atoms with Gasteiger partial charge in [0.1, 0.15) is 5.39 Å². The SMILES string of the molecule is CCOC(=O)c1cc(O)c2oc(=O)c3c(O)c(O)ccc3c2c1. The molecule has 7 nitrogen and oxygen atoms in total. The second-order valence-electron chi connectivity index (χ2n) is 4.84. The molecule has 3 aromatic rings. The summed E-state index contributed by atoms with van der Waals surface area (Å²) in [5, 5.41) is 29.6. The summed E-state index contributed by atoms with van der Waals surface area (Å²) >= 11 is 0. The molecule has 23 heavy (non-hydrogen) atoms. The zero-order chi connectivity index (χ0) is 16.7. The topological polar surface area (TPSA) is 117 Å². The van der Waals surface area contributed by atoms with Crippen molar-refractivity contribution in [2.75, 3.05) is 6.61 Å². The smallest absolute Gasteiger partial charge is 0.348 e. The maximum absolute atomic E-state index is 12.0. The van der Waals surface area contributed by atoms with E-state index in [2.05, 4.69) is 0 Å². The van der Waals surface area contributed by atoms with Crippen molar-refractivity contribution in [2.24, 2.45) is 0 Å². The van der Waals surface area contributed by atoms with E-state index >= 15 is 0 Å². The van der Waals surface area contributed by atoms with E-state index < -0.39 is 28.8 Å². The molecule has 0 radical (unpaired) electrons. The van der Waals surface area contributed by atoms with Crippen LogP contribution in [0.5, 0.6) is 17.2 Å². The third-order valence-electron chi connectivity index (χ3n) is 3.43. The number of fused-ring (bicyclic) bond motifs is 3. The number of carbonyl (C=O) groups excluding carboxylic acids is 1. The standard InChI is InChI=1S/C16H12O7/c1-2-22-15(20)7-5-9-8-3-4-10(17)13(19)12(8)16(21)23-14(9)11(18)6-7/h3-6,17-19H,2H2,1H3. The largest absolute Gasteiger partial charge is 0.504 e. The van der Waals surface area contributed by atoms with Gasteiger partial charge < -0.3 is 24.5 Å². The van der Waals surface area contributed by atoms with Crippen molar-refractivity contribution in [2.45, 2.75) is 6.92 Å². The molecule has 0 saturated heterocycles. The van der Waals surface area contributed by atoms with Crippen LogP contribution in [0.4, 0.5) is 0 Å². The summed E-state index contributed by atoms with van der Waals surface area (Å²) in [6, 6.07) is 5.10. The Hall–Kier alpha value is -3.22. The number of phenols is 3. The van der Waals surface area contributed by atoms with Gasteiger partial charge in [-0.1, -0.05) is 0 Å². The second kappa shape index (κ2) is 5.20. The van der Waals surface area contributed by atoms with Crippen LogP contribution in [0, 0.1) is 0 Å². The Balaban J connectivity index is 2.45. The maximum atomic E-state index is 12.0. The van der Waals surface area contributed by atoms with Crippen LogP contribution in [0.25, 0.3) is 21.7 Å². The van der Waals surface area contributed by atoms with Crippen LogP contribution >= 0.6 is 0 Å². The zero-order valence-electron chi connectivity index (χ0n) is 12.0. The molecule has 0 amide bonds. The lowest BCUT2D eigenvalue weighted by atomic mass is 10.0. The zero-order valence-corrected chi connectivity index (χ0v) is 12.0. The molecular weight excluding hydrogens is 304 g/mol. The first kappa shape index (κ1) is 14.7. The van der Waals surface area contributed by atoms with Gasteiger partial charge in [0.25, 0.3) is 0 Å². The van der Waals surface area contributed by atoms with Crippen molar-refractivity contribution < 1.29 is 29.3 Å². The van der Waals surface area contributed by atoms with E-state index in [1.54, 1.807) is 6.92 Å². The lowest BCUT2D eigenvalue weighted by molar-refractivity contribution is 0.0526. The van der Waals surface area contributed by atoms with Crippen molar-refractivity contribution in [3.05, 3.63) is 40.2 Å². The number of aromatic hydroxyl groups is 3. The molecule has 0 aliphatic heterocycles. The summed E-state index contributed by atoms with van der Waals surface area (Å²) in [6.07, 6.45) is 0. The van der Waals surface area contributed by atoms with Crippen LogP contribution in [-0.2, 0) is 4.74 Å². The van der Waals surface area contributed by atoms with Crippen LogP contribution < -0.4 is 5.63 Å². The summed E-state index contributed by atoms with van der Waals surface area (Å²) in [5.41, 5.74) is -0.972. The average Bonchev–Trinajstić information content (AvgIpc) is 2.51. The summed E-state index contributed by atoms with van der Waals surface area (Å²) in [4.78, 5) is 23.8. The molecule has 0 saturated carbocycles. The molecule has 0 spiro atoms. The number of phenolic OH excluding ortho intramolecular Hbond substituents is 3. The lowest BCUT2D eigenvalue weighted by Gasteiger charge is -2.08. The van der Waals surface area contributed by atoms with E-state index in [0.717, 1.165) is 6.07 Å². The third-order valence-corrected chi connectivity index (χ3v) is 3.43. The van der Waals surface area contributed by atoms with Crippen LogP contribution in [-0.4, -0.2) is 27.9 Å². The van der Waals surface area contributed by atoms with Crippen molar-refractivity contribution in [3.63, 3.8) is 0 Å². The molecule has 2 aromatic carbocycles. The van der Waals surface area contributed by atoms with Crippen molar-refractivity contribution >= 4 is 27.7 Å². The molecule has 0 bridgehead atoms. The Morgan fingerprint density at radius 3 is 2.57 bits per heavy atom. The van der Waals surface area contributed by atoms with Crippen molar-refractivity contribution in [1.82, 2.24) is 0 Å². The fraction of sp³-hybridized carbons (Fsp3) is 0.125. The second-order valence-corrected chi connectivity index (χ2v) is 4.84. The highest BCUT2D eigenvalue weighted by molar-refractivity contribution is 6.10. The summed E-state index contributed by atoms with van der Waals surface area (Å²) in [5.74, 6) is -2.15. The van der Waals surface area contributed by atoms with Gasteiger partial charge in [-0.2, -0.15) is 0 Å². The molecule has 0 fully saturated rings. The Labute approximate surface area is 129 Å². The van der Waals surface area contributed by atoms with Gasteiger partial charge in [0, 0.05) is 10.8 Å². The molecule has 3 rings (SSSR count). The molecule has 118 valence electrons. The fourth-order valence-corrected chi connectivity index (χ4v) is 2.41. The monoisotopic (exact) mass is 316 g/mol. The number of hydrogen-bond donors (Lipinski definition) is 3. The fourth-order valence-electron chi connectivity index (χ4n) is 2.41. The number of ether oxygens (including phenoxy) is 1. The van der Waals surface area contributed by atoms with Crippen LogP contribution in [0.2, 0.25) is 0 Å². The van der Waals surface area contributed by atoms with Gasteiger partial charge >= 0.3 is 11.6 Å². The maximum Gasteiger partial charge on any atom is 0.348 e. The minimum atomic E-state index is -0.917. The molecule has 0 unspecified atom stereocenters. The highest BCUT2D eigenvalue weighted by Gasteiger charge is 2.19. The molecule has 1 heterocycles. The first-order chi connectivity index (χ1) is 10.9. The molecule has 3 N–H and O–H groups in total. The van der Waals surface area contributed by atoms with Crippen molar-refractivity contribution in [1.29, 1.82) is 0 Å². The summed E-state index contributed by atoms with van der Waals surface area (Å²) in [7, 11) is 0. The number of esters is 1. The third kappa shape index (κ3) is 2.22. The Kier molecular flexibility index (Phi) is 3.33. The average molecular weight is 316 g/mol. The van der Waals surface area contributed by atoms with E-state index in [1.165, 1.54) is 18.2 Å². The molecule has 0 aliphatic carbocycles. The predicted molar refractivity (Wildman–Crippen MR) is 80.9 cm³/mol. The minimum absolute atomic E-state index is 0.0690. The lowest BCUT2D eigenvalue weighted by Crippen LogP contribution is -2.05. The van der Waals surface area contributed by atoms with Gasteiger partial charge in [-0.3, -0.25) is 0 Å². The Morgan fingerprint density at radius 2 is 1.87 bits per heavy atom. The van der Waals surface area contributed by atoms with Crippen molar-refractivity contribution in [3.8, 4) is 17.2 Å². The number of hydrogen-bond acceptors (Lipinski definition) is 7. The number of benzene rings is 2. The van der Waals surface area contributed by atoms with E-state index in [4.69, 9.17) is 9.15 Å². The van der Waals surface area contributed by atoms with Crippen LogP contribution in [0.3, 0.4) is 0 Å².